The van der Waals surface area contributed by atoms with Crippen LogP contribution in [0.1, 0.15) is 10.5 Å². The van der Waals surface area contributed by atoms with Crippen LogP contribution < -0.4 is 16.6 Å². The lowest BCUT2D eigenvalue weighted by Gasteiger charge is -2.08. The predicted molar refractivity (Wildman–Crippen MR) is 81.7 cm³/mol. The van der Waals surface area contributed by atoms with Crippen molar-refractivity contribution in [1.82, 2.24) is 9.97 Å². The first-order valence-electron chi connectivity index (χ1n) is 6.37. The molecule has 0 aliphatic rings. The van der Waals surface area contributed by atoms with E-state index in [0.29, 0.717) is 11.6 Å². The lowest BCUT2D eigenvalue weighted by atomic mass is 10.1. The number of anilines is 2. The Bertz CT molecular complexity index is 788. The molecule has 0 aliphatic carbocycles. The van der Waals surface area contributed by atoms with Gasteiger partial charge in [-0.15, -0.1) is 0 Å². The molecule has 2 aromatic heterocycles. The zero-order valence-electron chi connectivity index (χ0n) is 11.1. The molecule has 4 N–H and O–H groups in total. The van der Waals surface area contributed by atoms with Crippen molar-refractivity contribution in [1.29, 1.82) is 0 Å². The molecule has 0 unspecified atom stereocenters. The average molecular weight is 279 g/mol. The monoisotopic (exact) mass is 279 g/mol. The first-order chi connectivity index (χ1) is 10.3. The molecule has 1 aromatic carbocycles. The van der Waals surface area contributed by atoms with Gasteiger partial charge in [0.15, 0.2) is 0 Å². The van der Waals surface area contributed by atoms with Crippen LogP contribution in [0.2, 0.25) is 0 Å². The fraction of sp³-hybridized carbons (Fsp3) is 0. The maximum absolute atomic E-state index is 12.2. The Kier molecular flexibility index (Phi) is 3.44. The van der Waals surface area contributed by atoms with E-state index in [9.17, 15) is 4.79 Å². The smallest absolute Gasteiger partial charge is 0.275 e. The molecule has 0 fully saturated rings. The zero-order chi connectivity index (χ0) is 14.7. The van der Waals surface area contributed by atoms with E-state index in [1.54, 1.807) is 30.5 Å². The summed E-state index contributed by atoms with van der Waals surface area (Å²) in [5.74, 6) is 6.07. The summed E-state index contributed by atoms with van der Waals surface area (Å²) in [5, 5.41) is 4.43. The number of hydrazine groups is 1. The van der Waals surface area contributed by atoms with Crippen LogP contribution in [0.15, 0.2) is 54.7 Å². The number of nitrogens with one attached hydrogen (secondary N) is 2. The van der Waals surface area contributed by atoms with Crippen LogP contribution in [0.3, 0.4) is 0 Å². The van der Waals surface area contributed by atoms with Crippen molar-refractivity contribution >= 4 is 28.3 Å². The van der Waals surface area contributed by atoms with Crippen molar-refractivity contribution in [3.8, 4) is 0 Å². The largest absolute Gasteiger partial charge is 0.308 e. The van der Waals surface area contributed by atoms with Gasteiger partial charge in [0.1, 0.15) is 17.3 Å². The Balaban J connectivity index is 1.98. The van der Waals surface area contributed by atoms with Gasteiger partial charge in [0.25, 0.3) is 5.91 Å². The van der Waals surface area contributed by atoms with Gasteiger partial charge in [0, 0.05) is 11.6 Å². The van der Waals surface area contributed by atoms with Gasteiger partial charge in [-0.25, -0.2) is 15.8 Å². The normalized spacial score (nSPS) is 10.3. The minimum atomic E-state index is -0.337. The summed E-state index contributed by atoms with van der Waals surface area (Å²) in [6.07, 6.45) is 1.61. The average Bonchev–Trinajstić information content (AvgIpc) is 2.54. The van der Waals surface area contributed by atoms with Crippen LogP contribution in [0, 0.1) is 0 Å². The van der Waals surface area contributed by atoms with Gasteiger partial charge in [-0.05, 0) is 23.6 Å². The first-order valence-corrected chi connectivity index (χ1v) is 6.37. The number of benzene rings is 1. The number of amides is 1. The maximum Gasteiger partial charge on any atom is 0.275 e. The van der Waals surface area contributed by atoms with E-state index in [1.165, 1.54) is 0 Å². The predicted octanol–water partition coefficient (Wildman–Crippen LogP) is 2.17. The molecule has 21 heavy (non-hydrogen) atoms. The molecule has 0 atom stereocenters. The van der Waals surface area contributed by atoms with Gasteiger partial charge >= 0.3 is 0 Å². The molecular weight excluding hydrogens is 266 g/mol. The van der Waals surface area contributed by atoms with Crippen LogP contribution in [-0.4, -0.2) is 15.9 Å². The summed E-state index contributed by atoms with van der Waals surface area (Å²) >= 11 is 0. The number of rotatable bonds is 3. The standard InChI is InChI=1S/C15H13N5O/c16-20-14-11-6-2-1-5-10(11)9-12(18-14)15(21)19-13-7-3-4-8-17-13/h1-9H,16H2,(H,18,20)(H,17,19,21). The highest BCUT2D eigenvalue weighted by atomic mass is 16.1. The van der Waals surface area contributed by atoms with Crippen LogP contribution >= 0.6 is 0 Å². The summed E-state index contributed by atoms with van der Waals surface area (Å²) in [6, 6.07) is 14.6. The third-order valence-corrected chi connectivity index (χ3v) is 3.02. The van der Waals surface area contributed by atoms with Gasteiger partial charge in [-0.3, -0.25) is 4.79 Å². The highest BCUT2D eigenvalue weighted by Gasteiger charge is 2.12. The molecule has 0 saturated carbocycles. The van der Waals surface area contributed by atoms with E-state index in [4.69, 9.17) is 5.84 Å². The lowest BCUT2D eigenvalue weighted by molar-refractivity contribution is 0.102. The molecule has 3 rings (SSSR count). The second-order valence-corrected chi connectivity index (χ2v) is 4.39. The molecule has 0 spiro atoms. The van der Waals surface area contributed by atoms with Crippen LogP contribution in [0.25, 0.3) is 10.8 Å². The van der Waals surface area contributed by atoms with Crippen LogP contribution in [0.5, 0.6) is 0 Å². The number of hydrogen-bond donors (Lipinski definition) is 3. The van der Waals surface area contributed by atoms with E-state index in [2.05, 4.69) is 20.7 Å². The Morgan fingerprint density at radius 2 is 1.90 bits per heavy atom. The second-order valence-electron chi connectivity index (χ2n) is 4.39. The molecule has 0 saturated heterocycles. The summed E-state index contributed by atoms with van der Waals surface area (Å²) in [4.78, 5) is 20.5. The fourth-order valence-electron chi connectivity index (χ4n) is 2.04. The van der Waals surface area contributed by atoms with Crippen molar-refractivity contribution in [2.75, 3.05) is 10.7 Å². The molecule has 2 heterocycles. The molecule has 1 amide bonds. The highest BCUT2D eigenvalue weighted by molar-refractivity contribution is 6.06. The lowest BCUT2D eigenvalue weighted by Crippen LogP contribution is -2.17. The molecule has 6 heteroatoms. The maximum atomic E-state index is 12.2. The minimum Gasteiger partial charge on any atom is -0.308 e. The Hall–Kier alpha value is -2.99. The summed E-state index contributed by atoms with van der Waals surface area (Å²) in [7, 11) is 0. The third kappa shape index (κ3) is 2.65. The van der Waals surface area contributed by atoms with E-state index in [1.807, 2.05) is 24.3 Å². The number of carbonyl (C=O) groups is 1. The van der Waals surface area contributed by atoms with E-state index >= 15 is 0 Å². The van der Waals surface area contributed by atoms with Crippen molar-refractivity contribution in [3.63, 3.8) is 0 Å². The number of aromatic nitrogens is 2. The summed E-state index contributed by atoms with van der Waals surface area (Å²) < 4.78 is 0. The third-order valence-electron chi connectivity index (χ3n) is 3.02. The molecule has 0 aliphatic heterocycles. The minimum absolute atomic E-state index is 0.271. The topological polar surface area (TPSA) is 92.9 Å². The van der Waals surface area contributed by atoms with Gasteiger partial charge in [0.2, 0.25) is 0 Å². The Morgan fingerprint density at radius 3 is 2.67 bits per heavy atom. The van der Waals surface area contributed by atoms with Gasteiger partial charge in [-0.1, -0.05) is 30.3 Å². The van der Waals surface area contributed by atoms with E-state index in [-0.39, 0.29) is 11.6 Å². The van der Waals surface area contributed by atoms with Crippen LogP contribution in [-0.2, 0) is 0 Å². The summed E-state index contributed by atoms with van der Waals surface area (Å²) in [5.41, 5.74) is 2.79. The number of nitrogen functional groups attached to an aromatic ring is 1. The molecule has 104 valence electrons. The summed E-state index contributed by atoms with van der Waals surface area (Å²) in [6.45, 7) is 0. The van der Waals surface area contributed by atoms with E-state index in [0.717, 1.165) is 10.8 Å². The zero-order valence-corrected chi connectivity index (χ0v) is 11.1. The number of fused-ring (bicyclic) bond motifs is 1. The van der Waals surface area contributed by atoms with E-state index < -0.39 is 0 Å². The molecule has 0 bridgehead atoms. The number of hydrogen-bond acceptors (Lipinski definition) is 5. The SMILES string of the molecule is NNc1nc(C(=O)Nc2ccccn2)cc2ccccc12. The number of nitrogens with zero attached hydrogens (tertiary/aromatic N) is 2. The molecule has 3 aromatic rings. The Labute approximate surface area is 121 Å². The van der Waals surface area contributed by atoms with Crippen molar-refractivity contribution < 1.29 is 4.79 Å². The van der Waals surface area contributed by atoms with Crippen molar-refractivity contribution in [3.05, 3.63) is 60.4 Å². The quantitative estimate of drug-likeness (QED) is 0.504. The molecule has 0 radical (unpaired) electrons. The molecular formula is C15H13N5O. The highest BCUT2D eigenvalue weighted by Crippen LogP contribution is 2.22. The number of pyridine rings is 2. The fourth-order valence-corrected chi connectivity index (χ4v) is 2.04. The first kappa shape index (κ1) is 13.0. The van der Waals surface area contributed by atoms with Crippen LogP contribution in [0.4, 0.5) is 11.6 Å². The second kappa shape index (κ2) is 5.56. The van der Waals surface area contributed by atoms with Crippen molar-refractivity contribution in [2.45, 2.75) is 0 Å². The van der Waals surface area contributed by atoms with Gasteiger partial charge in [-0.2, -0.15) is 0 Å². The molecule has 6 nitrogen and oxygen atoms in total. The number of carbonyl (C=O) groups excluding carboxylic acids is 1. The Morgan fingerprint density at radius 1 is 1.10 bits per heavy atom. The number of nitrogens with two attached hydrogens (primary N) is 1. The van der Waals surface area contributed by atoms with Gasteiger partial charge < -0.3 is 10.7 Å². The van der Waals surface area contributed by atoms with Crippen molar-refractivity contribution in [2.24, 2.45) is 5.84 Å². The van der Waals surface area contributed by atoms with Gasteiger partial charge in [0.05, 0.1) is 0 Å².